The first-order valence-electron chi connectivity index (χ1n) is 6.02. The molecular formula is C13H16ClN3O2S. The maximum atomic E-state index is 12.4. The summed E-state index contributed by atoms with van der Waals surface area (Å²) >= 11 is 5.70. The van der Waals surface area contributed by atoms with Crippen molar-refractivity contribution in [2.24, 2.45) is 7.05 Å². The van der Waals surface area contributed by atoms with Crippen molar-refractivity contribution in [1.82, 2.24) is 13.9 Å². The highest BCUT2D eigenvalue weighted by Crippen LogP contribution is 2.17. The van der Waals surface area contributed by atoms with E-state index in [2.05, 4.69) is 4.98 Å². The van der Waals surface area contributed by atoms with E-state index in [4.69, 9.17) is 11.6 Å². The summed E-state index contributed by atoms with van der Waals surface area (Å²) in [5.41, 5.74) is 0.886. The van der Waals surface area contributed by atoms with Gasteiger partial charge in [0.1, 0.15) is 5.82 Å². The number of hydrogen-bond acceptors (Lipinski definition) is 3. The Morgan fingerprint density at radius 1 is 1.30 bits per heavy atom. The van der Waals surface area contributed by atoms with Crippen molar-refractivity contribution < 1.29 is 8.42 Å². The van der Waals surface area contributed by atoms with E-state index in [0.29, 0.717) is 11.7 Å². The molecule has 7 heteroatoms. The van der Waals surface area contributed by atoms with Crippen LogP contribution in [0.2, 0.25) is 0 Å². The van der Waals surface area contributed by atoms with Crippen LogP contribution in [-0.2, 0) is 29.5 Å². The molecule has 1 aromatic carbocycles. The molecule has 0 amide bonds. The van der Waals surface area contributed by atoms with Crippen LogP contribution in [0.1, 0.15) is 11.4 Å². The zero-order valence-corrected chi connectivity index (χ0v) is 12.9. The molecule has 2 rings (SSSR count). The second-order valence-electron chi connectivity index (χ2n) is 4.49. The van der Waals surface area contributed by atoms with Gasteiger partial charge in [-0.1, -0.05) is 12.1 Å². The van der Waals surface area contributed by atoms with Gasteiger partial charge < -0.3 is 4.57 Å². The molecule has 108 valence electrons. The Morgan fingerprint density at radius 3 is 2.45 bits per heavy atom. The number of benzene rings is 1. The lowest BCUT2D eigenvalue weighted by atomic mass is 10.2. The fraction of sp³-hybridized carbons (Fsp3) is 0.308. The van der Waals surface area contributed by atoms with E-state index in [1.54, 1.807) is 48.3 Å². The van der Waals surface area contributed by atoms with Gasteiger partial charge in [-0.25, -0.2) is 13.4 Å². The van der Waals surface area contributed by atoms with Gasteiger partial charge in [-0.3, -0.25) is 0 Å². The minimum Gasteiger partial charge on any atom is -0.337 e. The number of aryl methyl sites for hydroxylation is 1. The molecule has 1 aromatic heterocycles. The third-order valence-corrected chi connectivity index (χ3v) is 5.20. The summed E-state index contributed by atoms with van der Waals surface area (Å²) in [5.74, 6) is 1.05. The normalized spacial score (nSPS) is 12.0. The van der Waals surface area contributed by atoms with Gasteiger partial charge in [-0.05, 0) is 17.7 Å². The van der Waals surface area contributed by atoms with Crippen LogP contribution >= 0.6 is 11.6 Å². The van der Waals surface area contributed by atoms with Gasteiger partial charge in [-0.15, -0.1) is 11.6 Å². The minimum atomic E-state index is -3.52. The van der Waals surface area contributed by atoms with Crippen LogP contribution < -0.4 is 0 Å². The third-order valence-electron chi connectivity index (χ3n) is 3.07. The summed E-state index contributed by atoms with van der Waals surface area (Å²) < 4.78 is 27.9. The van der Waals surface area contributed by atoms with Crippen molar-refractivity contribution in [1.29, 1.82) is 0 Å². The Balaban J connectivity index is 2.22. The average molecular weight is 314 g/mol. The Kier molecular flexibility index (Phi) is 4.47. The van der Waals surface area contributed by atoms with E-state index >= 15 is 0 Å². The topological polar surface area (TPSA) is 55.2 Å². The molecule has 0 N–H and O–H groups in total. The van der Waals surface area contributed by atoms with E-state index in [0.717, 1.165) is 5.56 Å². The van der Waals surface area contributed by atoms with E-state index in [1.165, 1.54) is 4.31 Å². The van der Waals surface area contributed by atoms with Crippen molar-refractivity contribution in [2.45, 2.75) is 17.3 Å². The Morgan fingerprint density at radius 2 is 1.95 bits per heavy atom. The monoisotopic (exact) mass is 313 g/mol. The highest BCUT2D eigenvalue weighted by Gasteiger charge is 2.21. The molecule has 2 aromatic rings. The van der Waals surface area contributed by atoms with Crippen molar-refractivity contribution >= 4 is 21.6 Å². The largest absolute Gasteiger partial charge is 0.337 e. The quantitative estimate of drug-likeness (QED) is 0.793. The molecule has 0 saturated carbocycles. The first kappa shape index (κ1) is 15.0. The first-order chi connectivity index (χ1) is 9.45. The number of hydrogen-bond donors (Lipinski definition) is 0. The summed E-state index contributed by atoms with van der Waals surface area (Å²) in [6.07, 6.45) is 3.43. The number of halogens is 1. The van der Waals surface area contributed by atoms with Crippen molar-refractivity contribution in [3.8, 4) is 0 Å². The first-order valence-corrected chi connectivity index (χ1v) is 8.00. The summed E-state index contributed by atoms with van der Waals surface area (Å²) in [6, 6.07) is 6.58. The SMILES string of the molecule is CN(Cc1nccn1C)S(=O)(=O)c1ccc(CCl)cc1. The van der Waals surface area contributed by atoms with E-state index < -0.39 is 10.0 Å². The lowest BCUT2D eigenvalue weighted by Gasteiger charge is -2.17. The summed E-state index contributed by atoms with van der Waals surface area (Å²) in [7, 11) is -0.147. The maximum Gasteiger partial charge on any atom is 0.243 e. The zero-order chi connectivity index (χ0) is 14.8. The lowest BCUT2D eigenvalue weighted by Crippen LogP contribution is -2.27. The summed E-state index contributed by atoms with van der Waals surface area (Å²) in [4.78, 5) is 4.38. The highest BCUT2D eigenvalue weighted by molar-refractivity contribution is 7.89. The van der Waals surface area contributed by atoms with E-state index in [1.807, 2.05) is 7.05 Å². The van der Waals surface area contributed by atoms with Gasteiger partial charge >= 0.3 is 0 Å². The molecule has 0 bridgehead atoms. The molecular weight excluding hydrogens is 298 g/mol. The van der Waals surface area contributed by atoms with E-state index in [9.17, 15) is 8.42 Å². The van der Waals surface area contributed by atoms with E-state index in [-0.39, 0.29) is 11.4 Å². The lowest BCUT2D eigenvalue weighted by molar-refractivity contribution is 0.451. The van der Waals surface area contributed by atoms with Gasteiger partial charge in [0.2, 0.25) is 10.0 Å². The molecule has 0 saturated heterocycles. The molecule has 0 aliphatic carbocycles. The summed E-state index contributed by atoms with van der Waals surface area (Å²) in [5, 5.41) is 0. The molecule has 0 unspecified atom stereocenters. The van der Waals surface area contributed by atoms with Crippen molar-refractivity contribution in [3.05, 3.63) is 48.0 Å². The van der Waals surface area contributed by atoms with Gasteiger partial charge in [0.05, 0.1) is 11.4 Å². The fourth-order valence-corrected chi connectivity index (χ4v) is 3.07. The molecule has 0 fully saturated rings. The number of rotatable bonds is 5. The number of nitrogens with zero attached hydrogens (tertiary/aromatic N) is 3. The molecule has 0 aliphatic rings. The number of sulfonamides is 1. The van der Waals surface area contributed by atoms with Crippen LogP contribution in [0.4, 0.5) is 0 Å². The van der Waals surface area contributed by atoms with Crippen LogP contribution in [0.25, 0.3) is 0 Å². The van der Waals surface area contributed by atoms with Crippen molar-refractivity contribution in [2.75, 3.05) is 7.05 Å². The second-order valence-corrected chi connectivity index (χ2v) is 6.81. The highest BCUT2D eigenvalue weighted by atomic mass is 35.5. The Hall–Kier alpha value is -1.37. The molecule has 0 atom stereocenters. The molecule has 0 radical (unpaired) electrons. The van der Waals surface area contributed by atoms with Gasteiger partial charge in [0.25, 0.3) is 0 Å². The molecule has 1 heterocycles. The Labute approximate surface area is 123 Å². The molecule has 20 heavy (non-hydrogen) atoms. The number of imidazole rings is 1. The number of alkyl halides is 1. The van der Waals surface area contributed by atoms with Crippen LogP contribution in [-0.4, -0.2) is 29.3 Å². The minimum absolute atomic E-state index is 0.225. The smallest absolute Gasteiger partial charge is 0.243 e. The second kappa shape index (κ2) is 5.95. The van der Waals surface area contributed by atoms with Crippen LogP contribution in [0.15, 0.2) is 41.6 Å². The summed E-state index contributed by atoms with van der Waals surface area (Å²) in [6.45, 7) is 0.225. The van der Waals surface area contributed by atoms with Gasteiger partial charge in [-0.2, -0.15) is 4.31 Å². The standard InChI is InChI=1S/C13H16ClN3O2S/c1-16-8-7-15-13(16)10-17(2)20(18,19)12-5-3-11(9-14)4-6-12/h3-8H,9-10H2,1-2H3. The van der Waals surface area contributed by atoms with Gasteiger partial charge in [0, 0.05) is 32.4 Å². The van der Waals surface area contributed by atoms with Gasteiger partial charge in [0.15, 0.2) is 0 Å². The van der Waals surface area contributed by atoms with Crippen LogP contribution in [0.5, 0.6) is 0 Å². The predicted octanol–water partition coefficient (Wildman–Crippen LogP) is 1.98. The molecule has 5 nitrogen and oxygen atoms in total. The fourth-order valence-electron chi connectivity index (χ4n) is 1.76. The average Bonchev–Trinajstić information content (AvgIpc) is 2.84. The van der Waals surface area contributed by atoms with Crippen LogP contribution in [0.3, 0.4) is 0 Å². The Bertz CT molecular complexity index is 680. The predicted molar refractivity (Wildman–Crippen MR) is 77.9 cm³/mol. The molecule has 0 aliphatic heterocycles. The molecule has 0 spiro atoms. The third kappa shape index (κ3) is 3.03. The zero-order valence-electron chi connectivity index (χ0n) is 11.3. The number of aromatic nitrogens is 2. The van der Waals surface area contributed by atoms with Crippen LogP contribution in [0, 0.1) is 0 Å². The van der Waals surface area contributed by atoms with Crippen molar-refractivity contribution in [3.63, 3.8) is 0 Å². The maximum absolute atomic E-state index is 12.4.